The van der Waals surface area contributed by atoms with Gasteiger partial charge in [0, 0.05) is 31.4 Å². The smallest absolute Gasteiger partial charge is 0.257 e. The fraction of sp³-hybridized carbons (Fsp3) is 0.267. The van der Waals surface area contributed by atoms with Gasteiger partial charge in [-0.15, -0.1) is 0 Å². The van der Waals surface area contributed by atoms with E-state index in [1.54, 1.807) is 37.4 Å². The van der Waals surface area contributed by atoms with Crippen LogP contribution in [0.4, 0.5) is 11.5 Å². The summed E-state index contributed by atoms with van der Waals surface area (Å²) in [4.78, 5) is 26.8. The Kier molecular flexibility index (Phi) is 8.51. The molecule has 4 rings (SSSR count). The molecule has 8 nitrogen and oxygen atoms in total. The first-order valence-electron chi connectivity index (χ1n) is 12.7. The van der Waals surface area contributed by atoms with Gasteiger partial charge >= 0.3 is 0 Å². The summed E-state index contributed by atoms with van der Waals surface area (Å²) in [5.74, 6) is 0.913. The Morgan fingerprint density at radius 3 is 2.18 bits per heavy atom. The zero-order valence-corrected chi connectivity index (χ0v) is 22.2. The van der Waals surface area contributed by atoms with E-state index in [4.69, 9.17) is 15.0 Å². The summed E-state index contributed by atoms with van der Waals surface area (Å²) in [5, 5.41) is 11.9. The molecule has 0 fully saturated rings. The van der Waals surface area contributed by atoms with Crippen LogP contribution in [0.15, 0.2) is 66.7 Å². The summed E-state index contributed by atoms with van der Waals surface area (Å²) in [6, 6.07) is 22.3. The van der Waals surface area contributed by atoms with Crippen LogP contribution in [0.1, 0.15) is 29.8 Å². The van der Waals surface area contributed by atoms with E-state index in [2.05, 4.69) is 40.0 Å². The maximum Gasteiger partial charge on any atom is 0.257 e. The fourth-order valence-electron chi connectivity index (χ4n) is 4.18. The number of amides is 1. The predicted molar refractivity (Wildman–Crippen MR) is 152 cm³/mol. The molecule has 0 unspecified atom stereocenters. The first kappa shape index (κ1) is 26.6. The number of hydrogen-bond donors (Lipinski definition) is 1. The second-order valence-corrected chi connectivity index (χ2v) is 8.93. The Labute approximate surface area is 223 Å². The second-order valence-electron chi connectivity index (χ2n) is 8.93. The summed E-state index contributed by atoms with van der Waals surface area (Å²) in [6.07, 6.45) is 0. The summed E-state index contributed by atoms with van der Waals surface area (Å²) < 4.78 is 5.55. The molecular formula is C30H32N6O2. The Balaban J connectivity index is 1.48. The van der Waals surface area contributed by atoms with Gasteiger partial charge in [-0.3, -0.25) is 4.79 Å². The zero-order valence-electron chi connectivity index (χ0n) is 22.2. The van der Waals surface area contributed by atoms with Crippen molar-refractivity contribution in [1.29, 1.82) is 5.26 Å². The van der Waals surface area contributed by atoms with E-state index in [9.17, 15) is 4.79 Å². The maximum atomic E-state index is 12.9. The first-order chi connectivity index (χ1) is 18.4. The highest BCUT2D eigenvalue weighted by molar-refractivity contribution is 6.05. The van der Waals surface area contributed by atoms with Crippen molar-refractivity contribution >= 4 is 28.4 Å². The second kappa shape index (κ2) is 12.2. The molecule has 8 heteroatoms. The van der Waals surface area contributed by atoms with E-state index < -0.39 is 0 Å². The molecule has 1 N–H and O–H groups in total. The third kappa shape index (κ3) is 6.07. The first-order valence-corrected chi connectivity index (χ1v) is 12.7. The Hall–Kier alpha value is -4.48. The molecule has 0 saturated heterocycles. The number of hydrogen-bond acceptors (Lipinski definition) is 7. The molecule has 0 aliphatic carbocycles. The minimum Gasteiger partial charge on any atom is -0.478 e. The fourth-order valence-corrected chi connectivity index (χ4v) is 4.18. The molecule has 1 amide bonds. The van der Waals surface area contributed by atoms with Crippen LogP contribution in [-0.4, -0.2) is 61.1 Å². The van der Waals surface area contributed by atoms with Gasteiger partial charge in [0.1, 0.15) is 0 Å². The Morgan fingerprint density at radius 1 is 0.921 bits per heavy atom. The van der Waals surface area contributed by atoms with Crippen LogP contribution in [0, 0.1) is 11.3 Å². The quantitative estimate of drug-likeness (QED) is 0.314. The molecule has 38 heavy (non-hydrogen) atoms. The number of nitrogens with one attached hydrogen (secondary N) is 1. The number of nitriles is 1. The molecule has 0 spiro atoms. The number of fused-ring (bicyclic) bond motifs is 1. The molecular weight excluding hydrogens is 476 g/mol. The van der Waals surface area contributed by atoms with Crippen LogP contribution < -0.4 is 15.0 Å². The SMILES string of the molecule is CCN(CC)CCN(C)c1nc2ccc(NC(=O)c3ccc(-c4ccc(C#N)cc4)cc3)cc2nc1OC. The molecule has 0 bridgehead atoms. The number of anilines is 2. The van der Waals surface area contributed by atoms with Crippen molar-refractivity contribution in [3.63, 3.8) is 0 Å². The van der Waals surface area contributed by atoms with Gasteiger partial charge < -0.3 is 19.9 Å². The van der Waals surface area contributed by atoms with Gasteiger partial charge in [-0.25, -0.2) is 9.97 Å². The van der Waals surface area contributed by atoms with Crippen LogP contribution in [0.5, 0.6) is 5.88 Å². The number of likely N-dealkylation sites (N-methyl/N-ethyl adjacent to an activating group) is 2. The summed E-state index contributed by atoms with van der Waals surface area (Å²) in [6.45, 7) is 8.04. The number of methoxy groups -OCH3 is 1. The van der Waals surface area contributed by atoms with Gasteiger partial charge in [-0.1, -0.05) is 38.1 Å². The highest BCUT2D eigenvalue weighted by atomic mass is 16.5. The molecule has 3 aromatic carbocycles. The molecule has 4 aromatic rings. The summed E-state index contributed by atoms with van der Waals surface area (Å²) in [7, 11) is 3.58. The third-order valence-electron chi connectivity index (χ3n) is 6.57. The van der Waals surface area contributed by atoms with E-state index in [0.29, 0.717) is 34.0 Å². The van der Waals surface area contributed by atoms with Crippen molar-refractivity contribution in [2.45, 2.75) is 13.8 Å². The van der Waals surface area contributed by atoms with Crippen molar-refractivity contribution in [1.82, 2.24) is 14.9 Å². The number of rotatable bonds is 10. The molecule has 194 valence electrons. The lowest BCUT2D eigenvalue weighted by molar-refractivity contribution is 0.102. The van der Waals surface area contributed by atoms with Gasteiger partial charge in [0.25, 0.3) is 11.8 Å². The maximum absolute atomic E-state index is 12.9. The summed E-state index contributed by atoms with van der Waals surface area (Å²) in [5.41, 5.74) is 5.08. The predicted octanol–water partition coefficient (Wildman–Crippen LogP) is 5.21. The number of benzene rings is 3. The van der Waals surface area contributed by atoms with E-state index in [1.165, 1.54) is 0 Å². The number of carbonyl (C=O) groups excluding carboxylic acids is 1. The van der Waals surface area contributed by atoms with Crippen LogP contribution in [-0.2, 0) is 0 Å². The van der Waals surface area contributed by atoms with Crippen LogP contribution in [0.25, 0.3) is 22.2 Å². The molecule has 0 aliphatic rings. The highest BCUT2D eigenvalue weighted by Crippen LogP contribution is 2.28. The van der Waals surface area contributed by atoms with E-state index in [0.717, 1.165) is 42.8 Å². The van der Waals surface area contributed by atoms with Crippen molar-refractivity contribution in [2.75, 3.05) is 50.6 Å². The monoisotopic (exact) mass is 508 g/mol. The number of carbonyl (C=O) groups is 1. The molecule has 1 aromatic heterocycles. The van der Waals surface area contributed by atoms with Gasteiger partial charge in [0.2, 0.25) is 0 Å². The number of aromatic nitrogens is 2. The normalized spacial score (nSPS) is 10.8. The molecule has 0 aliphatic heterocycles. The summed E-state index contributed by atoms with van der Waals surface area (Å²) >= 11 is 0. The van der Waals surface area contributed by atoms with E-state index in [1.807, 2.05) is 43.4 Å². The number of nitrogens with zero attached hydrogens (tertiary/aromatic N) is 5. The molecule has 1 heterocycles. The van der Waals surface area contributed by atoms with E-state index in [-0.39, 0.29) is 5.91 Å². The van der Waals surface area contributed by atoms with Crippen LogP contribution in [0.2, 0.25) is 0 Å². The number of ether oxygens (including phenoxy) is 1. The lowest BCUT2D eigenvalue weighted by atomic mass is 10.0. The molecule has 0 radical (unpaired) electrons. The van der Waals surface area contributed by atoms with Crippen molar-refractivity contribution in [3.8, 4) is 23.1 Å². The van der Waals surface area contributed by atoms with Gasteiger partial charge in [0.05, 0.1) is 29.8 Å². The molecule has 0 atom stereocenters. The standard InChI is InChI=1S/C30H32N6O2/c1-5-36(6-2)18-17-35(3)28-30(38-4)34-27-19-25(15-16-26(27)33-28)32-29(37)24-13-11-23(12-14-24)22-9-7-21(20-31)8-10-22/h7-16,19H,5-6,17-18H2,1-4H3,(H,32,37). The Bertz CT molecular complexity index is 1440. The van der Waals surface area contributed by atoms with Gasteiger partial charge in [0.15, 0.2) is 5.82 Å². The third-order valence-corrected chi connectivity index (χ3v) is 6.57. The van der Waals surface area contributed by atoms with Gasteiger partial charge in [-0.05, 0) is 66.7 Å². The topological polar surface area (TPSA) is 94.4 Å². The van der Waals surface area contributed by atoms with Crippen LogP contribution in [0.3, 0.4) is 0 Å². The lowest BCUT2D eigenvalue weighted by Gasteiger charge is -2.24. The average Bonchev–Trinajstić information content (AvgIpc) is 2.96. The van der Waals surface area contributed by atoms with Crippen molar-refractivity contribution in [3.05, 3.63) is 77.9 Å². The minimum absolute atomic E-state index is 0.219. The largest absolute Gasteiger partial charge is 0.478 e. The van der Waals surface area contributed by atoms with Gasteiger partial charge in [-0.2, -0.15) is 5.26 Å². The minimum atomic E-state index is -0.219. The van der Waals surface area contributed by atoms with Crippen LogP contribution >= 0.6 is 0 Å². The molecule has 0 saturated carbocycles. The highest BCUT2D eigenvalue weighted by Gasteiger charge is 2.15. The Morgan fingerprint density at radius 2 is 1.58 bits per heavy atom. The lowest BCUT2D eigenvalue weighted by Crippen LogP contribution is -2.33. The van der Waals surface area contributed by atoms with Crippen molar-refractivity contribution < 1.29 is 9.53 Å². The average molecular weight is 509 g/mol. The van der Waals surface area contributed by atoms with Crippen molar-refractivity contribution in [2.24, 2.45) is 0 Å². The van der Waals surface area contributed by atoms with E-state index >= 15 is 0 Å². The zero-order chi connectivity index (χ0) is 27.1.